The van der Waals surface area contributed by atoms with Gasteiger partial charge in [-0.15, -0.1) is 0 Å². The topological polar surface area (TPSA) is 86.6 Å². The summed E-state index contributed by atoms with van der Waals surface area (Å²) in [7, 11) is -4.45. The van der Waals surface area contributed by atoms with E-state index < -0.39 is 19.3 Å². The van der Waals surface area contributed by atoms with E-state index in [-0.39, 0.29) is 6.42 Å². The number of hydrogen-bond acceptors (Lipinski definition) is 2. The Labute approximate surface area is 122 Å². The number of benzene rings is 2. The van der Waals surface area contributed by atoms with Crippen molar-refractivity contribution in [1.82, 2.24) is 5.32 Å². The molecule has 110 valence electrons. The minimum Gasteiger partial charge on any atom is -0.338 e. The van der Waals surface area contributed by atoms with E-state index in [1.807, 2.05) is 6.07 Å². The summed E-state index contributed by atoms with van der Waals surface area (Å²) in [6.45, 7) is 0. The first kappa shape index (κ1) is 15.4. The quantitative estimate of drug-likeness (QED) is 0.739. The van der Waals surface area contributed by atoms with Crippen LogP contribution in [0.5, 0.6) is 0 Å². The van der Waals surface area contributed by atoms with Crippen molar-refractivity contribution in [2.45, 2.75) is 12.2 Å². The molecular formula is C15H16NO4P. The van der Waals surface area contributed by atoms with Crippen LogP contribution in [0.25, 0.3) is 0 Å². The van der Waals surface area contributed by atoms with Crippen LogP contribution in [0.4, 0.5) is 0 Å². The highest BCUT2D eigenvalue weighted by atomic mass is 31.2. The molecule has 21 heavy (non-hydrogen) atoms. The van der Waals surface area contributed by atoms with E-state index in [0.29, 0.717) is 5.56 Å². The third-order valence-electron chi connectivity index (χ3n) is 3.01. The zero-order chi connectivity index (χ0) is 15.3. The molecule has 6 heteroatoms. The molecule has 0 fully saturated rings. The molecule has 5 nitrogen and oxygen atoms in total. The Morgan fingerprint density at radius 3 is 2.05 bits per heavy atom. The van der Waals surface area contributed by atoms with Gasteiger partial charge in [-0.1, -0.05) is 48.5 Å². The second kappa shape index (κ2) is 6.68. The van der Waals surface area contributed by atoms with Crippen LogP contribution in [-0.4, -0.2) is 21.5 Å². The van der Waals surface area contributed by atoms with Crippen molar-refractivity contribution in [1.29, 1.82) is 0 Å². The molecule has 1 amide bonds. The third-order valence-corrected chi connectivity index (χ3v) is 4.14. The fourth-order valence-corrected chi connectivity index (χ4v) is 2.65. The van der Waals surface area contributed by atoms with E-state index in [1.54, 1.807) is 54.6 Å². The maximum Gasteiger partial charge on any atom is 0.347 e. The number of hydrogen-bond donors (Lipinski definition) is 3. The first-order valence-electron chi connectivity index (χ1n) is 6.42. The predicted molar refractivity (Wildman–Crippen MR) is 79.9 cm³/mol. The summed E-state index contributed by atoms with van der Waals surface area (Å²) in [5.74, 6) is -1.74. The molecule has 0 bridgehead atoms. The molecule has 3 N–H and O–H groups in total. The summed E-state index contributed by atoms with van der Waals surface area (Å²) in [6.07, 6.45) is 0.0731. The highest BCUT2D eigenvalue weighted by Crippen LogP contribution is 2.41. The normalized spacial score (nSPS) is 12.7. The van der Waals surface area contributed by atoms with Crippen LogP contribution < -0.4 is 5.32 Å². The fraction of sp³-hybridized carbons (Fsp3) is 0.133. The second-order valence-electron chi connectivity index (χ2n) is 4.63. The van der Waals surface area contributed by atoms with Gasteiger partial charge in [-0.05, 0) is 17.7 Å². The van der Waals surface area contributed by atoms with Gasteiger partial charge in [-0.3, -0.25) is 9.36 Å². The highest BCUT2D eigenvalue weighted by molar-refractivity contribution is 7.52. The van der Waals surface area contributed by atoms with E-state index in [4.69, 9.17) is 0 Å². The van der Waals surface area contributed by atoms with Crippen LogP contribution in [0.1, 0.15) is 15.9 Å². The van der Waals surface area contributed by atoms with Gasteiger partial charge in [0, 0.05) is 12.0 Å². The standard InChI is InChI=1S/C15H16NO4P/c17-15(13-9-5-2-6-10-13)16-14(21(18,19)20)11-12-7-3-1-4-8-12/h1-10,14H,11H2,(H,16,17)(H2,18,19,20)/t14-/m1/s1. The van der Waals surface area contributed by atoms with Gasteiger partial charge in [-0.2, -0.15) is 0 Å². The lowest BCUT2D eigenvalue weighted by Gasteiger charge is -2.20. The van der Waals surface area contributed by atoms with Crippen LogP contribution in [-0.2, 0) is 11.0 Å². The van der Waals surface area contributed by atoms with Gasteiger partial charge in [0.25, 0.3) is 5.91 Å². The van der Waals surface area contributed by atoms with E-state index in [2.05, 4.69) is 5.32 Å². The molecular weight excluding hydrogens is 289 g/mol. The smallest absolute Gasteiger partial charge is 0.338 e. The van der Waals surface area contributed by atoms with Crippen LogP contribution in [0.15, 0.2) is 60.7 Å². The van der Waals surface area contributed by atoms with E-state index in [0.717, 1.165) is 5.56 Å². The number of nitrogens with one attached hydrogen (secondary N) is 1. The Morgan fingerprint density at radius 1 is 1.00 bits per heavy atom. The molecule has 1 atom stereocenters. The zero-order valence-electron chi connectivity index (χ0n) is 11.2. The lowest BCUT2D eigenvalue weighted by Crippen LogP contribution is -2.36. The maximum absolute atomic E-state index is 12.0. The summed E-state index contributed by atoms with van der Waals surface area (Å²) < 4.78 is 11.6. The molecule has 2 aromatic carbocycles. The molecule has 2 rings (SSSR count). The van der Waals surface area contributed by atoms with Crippen molar-refractivity contribution in [2.24, 2.45) is 0 Å². The van der Waals surface area contributed by atoms with Gasteiger partial charge in [0.2, 0.25) is 0 Å². The Morgan fingerprint density at radius 2 is 1.52 bits per heavy atom. The van der Waals surface area contributed by atoms with Crippen LogP contribution in [0, 0.1) is 0 Å². The van der Waals surface area contributed by atoms with Crippen molar-refractivity contribution in [3.63, 3.8) is 0 Å². The molecule has 0 aliphatic heterocycles. The number of rotatable bonds is 5. The molecule has 0 unspecified atom stereocenters. The molecule has 0 saturated carbocycles. The van der Waals surface area contributed by atoms with Crippen molar-refractivity contribution in [2.75, 3.05) is 0 Å². The van der Waals surface area contributed by atoms with Gasteiger partial charge in [0.05, 0.1) is 0 Å². The Kier molecular flexibility index (Phi) is 4.91. The van der Waals surface area contributed by atoms with Gasteiger partial charge in [-0.25, -0.2) is 0 Å². The van der Waals surface area contributed by atoms with Gasteiger partial charge in [0.1, 0.15) is 5.78 Å². The minimum atomic E-state index is -4.45. The van der Waals surface area contributed by atoms with Crippen LogP contribution in [0.3, 0.4) is 0 Å². The molecule has 0 saturated heterocycles. The predicted octanol–water partition coefficient (Wildman–Crippen LogP) is 2.16. The number of amides is 1. The molecule has 0 aromatic heterocycles. The monoisotopic (exact) mass is 305 g/mol. The van der Waals surface area contributed by atoms with Crippen molar-refractivity contribution >= 4 is 13.5 Å². The van der Waals surface area contributed by atoms with E-state index in [1.165, 1.54) is 0 Å². The van der Waals surface area contributed by atoms with E-state index in [9.17, 15) is 19.1 Å². The molecule has 0 radical (unpaired) electrons. The van der Waals surface area contributed by atoms with E-state index >= 15 is 0 Å². The summed E-state index contributed by atoms with van der Waals surface area (Å²) >= 11 is 0. The third kappa shape index (κ3) is 4.53. The van der Waals surface area contributed by atoms with Gasteiger partial charge >= 0.3 is 7.60 Å². The van der Waals surface area contributed by atoms with Gasteiger partial charge in [0.15, 0.2) is 0 Å². The van der Waals surface area contributed by atoms with Crippen LogP contribution >= 0.6 is 7.60 Å². The zero-order valence-corrected chi connectivity index (χ0v) is 12.1. The molecule has 0 heterocycles. The minimum absolute atomic E-state index is 0.0731. The summed E-state index contributed by atoms with van der Waals surface area (Å²) in [6, 6.07) is 17.2. The Bertz CT molecular complexity index is 639. The Hall–Kier alpha value is -1.94. The number of carbonyl (C=O) groups is 1. The van der Waals surface area contributed by atoms with Crippen LogP contribution in [0.2, 0.25) is 0 Å². The average molecular weight is 305 g/mol. The number of carbonyl (C=O) groups excluding carboxylic acids is 1. The average Bonchev–Trinajstić information content (AvgIpc) is 2.47. The lowest BCUT2D eigenvalue weighted by atomic mass is 10.1. The van der Waals surface area contributed by atoms with Gasteiger partial charge < -0.3 is 15.1 Å². The van der Waals surface area contributed by atoms with Crippen molar-refractivity contribution in [3.05, 3.63) is 71.8 Å². The lowest BCUT2D eigenvalue weighted by molar-refractivity contribution is 0.0943. The second-order valence-corrected chi connectivity index (χ2v) is 6.44. The highest BCUT2D eigenvalue weighted by Gasteiger charge is 2.30. The molecule has 0 spiro atoms. The summed E-state index contributed by atoms with van der Waals surface area (Å²) in [5, 5.41) is 2.42. The molecule has 0 aliphatic rings. The largest absolute Gasteiger partial charge is 0.347 e. The Balaban J connectivity index is 2.14. The first-order chi connectivity index (χ1) is 9.97. The SMILES string of the molecule is O=C(N[C@@H](Cc1ccccc1)P(=O)(O)O)c1ccccc1. The maximum atomic E-state index is 12.0. The molecule has 0 aliphatic carbocycles. The fourth-order valence-electron chi connectivity index (χ4n) is 1.92. The molecule has 2 aromatic rings. The van der Waals surface area contributed by atoms with Crippen molar-refractivity contribution in [3.8, 4) is 0 Å². The summed E-state index contributed by atoms with van der Waals surface area (Å²) in [4.78, 5) is 30.9. The van der Waals surface area contributed by atoms with Crippen molar-refractivity contribution < 1.29 is 19.1 Å². The first-order valence-corrected chi connectivity index (χ1v) is 8.10. The summed E-state index contributed by atoms with van der Waals surface area (Å²) in [5.41, 5.74) is 1.11.